The molecule has 0 radical (unpaired) electrons. The SMILES string of the molecule is CCCCCCN1C(=O)CNc2cc(OC)c(OC)cc21. The Balaban J connectivity index is 2.22. The lowest BCUT2D eigenvalue weighted by atomic mass is 10.1. The van der Waals surface area contributed by atoms with Gasteiger partial charge in [-0.15, -0.1) is 0 Å². The summed E-state index contributed by atoms with van der Waals surface area (Å²) in [6.07, 6.45) is 4.57. The van der Waals surface area contributed by atoms with Gasteiger partial charge in [-0.2, -0.15) is 0 Å². The van der Waals surface area contributed by atoms with Gasteiger partial charge in [0.25, 0.3) is 0 Å². The van der Waals surface area contributed by atoms with Gasteiger partial charge < -0.3 is 19.7 Å². The number of fused-ring (bicyclic) bond motifs is 1. The predicted molar refractivity (Wildman–Crippen MR) is 84.5 cm³/mol. The lowest BCUT2D eigenvalue weighted by molar-refractivity contribution is -0.117. The van der Waals surface area contributed by atoms with Gasteiger partial charge in [0, 0.05) is 18.7 Å². The quantitative estimate of drug-likeness (QED) is 0.785. The summed E-state index contributed by atoms with van der Waals surface area (Å²) < 4.78 is 10.6. The first-order valence-corrected chi connectivity index (χ1v) is 7.51. The first-order chi connectivity index (χ1) is 10.2. The minimum atomic E-state index is 0.103. The van der Waals surface area contributed by atoms with E-state index in [-0.39, 0.29) is 5.91 Å². The van der Waals surface area contributed by atoms with E-state index in [2.05, 4.69) is 12.2 Å². The Morgan fingerprint density at radius 2 is 1.86 bits per heavy atom. The van der Waals surface area contributed by atoms with Crippen LogP contribution in [0.5, 0.6) is 11.5 Å². The minimum absolute atomic E-state index is 0.103. The zero-order valence-electron chi connectivity index (χ0n) is 13.1. The molecule has 1 aromatic carbocycles. The number of rotatable bonds is 7. The van der Waals surface area contributed by atoms with Gasteiger partial charge in [0.1, 0.15) is 0 Å². The Labute approximate surface area is 126 Å². The zero-order valence-corrected chi connectivity index (χ0v) is 13.1. The fraction of sp³-hybridized carbons (Fsp3) is 0.562. The molecule has 0 aliphatic carbocycles. The van der Waals surface area contributed by atoms with E-state index >= 15 is 0 Å². The summed E-state index contributed by atoms with van der Waals surface area (Å²) in [6.45, 7) is 3.27. The number of methoxy groups -OCH3 is 2. The van der Waals surface area contributed by atoms with Gasteiger partial charge in [0.05, 0.1) is 32.1 Å². The van der Waals surface area contributed by atoms with Crippen molar-refractivity contribution in [1.82, 2.24) is 0 Å². The number of hydrogen-bond donors (Lipinski definition) is 1. The molecule has 5 nitrogen and oxygen atoms in total. The summed E-state index contributed by atoms with van der Waals surface area (Å²) in [6, 6.07) is 3.76. The van der Waals surface area contributed by atoms with Crippen LogP contribution in [-0.2, 0) is 4.79 Å². The molecule has 1 heterocycles. The van der Waals surface area contributed by atoms with Crippen LogP contribution in [0.15, 0.2) is 12.1 Å². The number of unbranched alkanes of at least 4 members (excludes halogenated alkanes) is 3. The Morgan fingerprint density at radius 3 is 2.52 bits per heavy atom. The summed E-state index contributed by atoms with van der Waals surface area (Å²) in [5.41, 5.74) is 1.79. The lowest BCUT2D eigenvalue weighted by Gasteiger charge is -2.31. The number of anilines is 2. The third kappa shape index (κ3) is 3.40. The maximum atomic E-state index is 12.2. The van der Waals surface area contributed by atoms with Gasteiger partial charge in [0.2, 0.25) is 5.91 Å². The molecule has 0 saturated carbocycles. The van der Waals surface area contributed by atoms with Gasteiger partial charge >= 0.3 is 0 Å². The van der Waals surface area contributed by atoms with Crippen LogP contribution in [0.25, 0.3) is 0 Å². The Bertz CT molecular complexity index is 503. The van der Waals surface area contributed by atoms with Crippen molar-refractivity contribution in [3.8, 4) is 11.5 Å². The molecule has 116 valence electrons. The molecular weight excluding hydrogens is 268 g/mol. The van der Waals surface area contributed by atoms with Crippen molar-refractivity contribution in [2.75, 3.05) is 37.5 Å². The van der Waals surface area contributed by atoms with E-state index in [1.165, 1.54) is 12.8 Å². The number of benzene rings is 1. The number of carbonyl (C=O) groups is 1. The van der Waals surface area contributed by atoms with Crippen molar-refractivity contribution >= 4 is 17.3 Å². The van der Waals surface area contributed by atoms with E-state index in [4.69, 9.17) is 9.47 Å². The molecule has 0 atom stereocenters. The number of nitrogens with one attached hydrogen (secondary N) is 1. The van der Waals surface area contributed by atoms with E-state index in [0.29, 0.717) is 18.0 Å². The molecule has 1 aromatic rings. The average Bonchev–Trinajstić information content (AvgIpc) is 2.51. The number of amides is 1. The van der Waals surface area contributed by atoms with E-state index in [1.54, 1.807) is 14.2 Å². The second kappa shape index (κ2) is 7.20. The first-order valence-electron chi connectivity index (χ1n) is 7.51. The molecule has 0 bridgehead atoms. The fourth-order valence-corrected chi connectivity index (χ4v) is 2.58. The molecule has 5 heteroatoms. The maximum absolute atomic E-state index is 12.2. The summed E-state index contributed by atoms with van der Waals surface area (Å²) in [5.74, 6) is 1.42. The summed E-state index contributed by atoms with van der Waals surface area (Å²) in [7, 11) is 3.22. The molecule has 0 fully saturated rings. The summed E-state index contributed by atoms with van der Waals surface area (Å²) in [5, 5.41) is 3.14. The minimum Gasteiger partial charge on any atom is -0.493 e. The highest BCUT2D eigenvalue weighted by atomic mass is 16.5. The van der Waals surface area contributed by atoms with Crippen molar-refractivity contribution in [2.45, 2.75) is 32.6 Å². The highest BCUT2D eigenvalue weighted by Crippen LogP contribution is 2.40. The number of nitrogens with zero attached hydrogens (tertiary/aromatic N) is 1. The largest absolute Gasteiger partial charge is 0.493 e. The molecule has 0 aromatic heterocycles. The highest BCUT2D eigenvalue weighted by Gasteiger charge is 2.25. The number of hydrogen-bond acceptors (Lipinski definition) is 4. The predicted octanol–water partition coefficient (Wildman–Crippen LogP) is 3.04. The van der Waals surface area contributed by atoms with Gasteiger partial charge in [-0.1, -0.05) is 26.2 Å². The summed E-state index contributed by atoms with van der Waals surface area (Å²) >= 11 is 0. The van der Waals surface area contributed by atoms with Gasteiger partial charge in [-0.25, -0.2) is 0 Å². The molecule has 2 rings (SSSR count). The molecule has 0 spiro atoms. The molecule has 1 aliphatic rings. The fourth-order valence-electron chi connectivity index (χ4n) is 2.58. The maximum Gasteiger partial charge on any atom is 0.246 e. The van der Waals surface area contributed by atoms with E-state index in [0.717, 1.165) is 30.8 Å². The van der Waals surface area contributed by atoms with Crippen LogP contribution >= 0.6 is 0 Å². The van der Waals surface area contributed by atoms with Crippen LogP contribution in [0.4, 0.5) is 11.4 Å². The van der Waals surface area contributed by atoms with Gasteiger partial charge in [0.15, 0.2) is 11.5 Å². The summed E-state index contributed by atoms with van der Waals surface area (Å²) in [4.78, 5) is 14.0. The number of ether oxygens (including phenoxy) is 2. The van der Waals surface area contributed by atoms with E-state index in [1.807, 2.05) is 17.0 Å². The van der Waals surface area contributed by atoms with Crippen LogP contribution < -0.4 is 19.7 Å². The normalized spacial score (nSPS) is 13.7. The van der Waals surface area contributed by atoms with Crippen LogP contribution in [0.3, 0.4) is 0 Å². The number of carbonyl (C=O) groups excluding carboxylic acids is 1. The first kappa shape index (κ1) is 15.5. The van der Waals surface area contributed by atoms with Gasteiger partial charge in [-0.3, -0.25) is 4.79 Å². The smallest absolute Gasteiger partial charge is 0.246 e. The van der Waals surface area contributed by atoms with Crippen molar-refractivity contribution in [2.24, 2.45) is 0 Å². The van der Waals surface area contributed by atoms with Gasteiger partial charge in [-0.05, 0) is 6.42 Å². The molecule has 0 unspecified atom stereocenters. The molecule has 1 aliphatic heterocycles. The zero-order chi connectivity index (χ0) is 15.2. The van der Waals surface area contributed by atoms with E-state index < -0.39 is 0 Å². The van der Waals surface area contributed by atoms with Crippen molar-refractivity contribution in [3.63, 3.8) is 0 Å². The Kier molecular flexibility index (Phi) is 5.31. The second-order valence-electron chi connectivity index (χ2n) is 5.18. The van der Waals surface area contributed by atoms with Crippen molar-refractivity contribution in [1.29, 1.82) is 0 Å². The van der Waals surface area contributed by atoms with Crippen LogP contribution in [0.2, 0.25) is 0 Å². The molecule has 1 N–H and O–H groups in total. The van der Waals surface area contributed by atoms with Crippen molar-refractivity contribution in [3.05, 3.63) is 12.1 Å². The molecule has 21 heavy (non-hydrogen) atoms. The van der Waals surface area contributed by atoms with E-state index in [9.17, 15) is 4.79 Å². The van der Waals surface area contributed by atoms with Crippen molar-refractivity contribution < 1.29 is 14.3 Å². The third-order valence-corrected chi connectivity index (χ3v) is 3.76. The Hall–Kier alpha value is -1.91. The monoisotopic (exact) mass is 292 g/mol. The standard InChI is InChI=1S/C16H24N2O3/c1-4-5-6-7-8-18-13-10-15(21-3)14(20-2)9-12(13)17-11-16(18)19/h9-10,17H,4-8,11H2,1-3H3. The van der Waals surface area contributed by atoms with Crippen LogP contribution in [0.1, 0.15) is 32.6 Å². The van der Waals surface area contributed by atoms with Crippen LogP contribution in [-0.4, -0.2) is 33.2 Å². The molecule has 1 amide bonds. The lowest BCUT2D eigenvalue weighted by Crippen LogP contribution is -2.40. The van der Waals surface area contributed by atoms with Crippen LogP contribution in [0, 0.1) is 0 Å². The second-order valence-corrected chi connectivity index (χ2v) is 5.18. The average molecular weight is 292 g/mol. The Morgan fingerprint density at radius 1 is 1.14 bits per heavy atom. The topological polar surface area (TPSA) is 50.8 Å². The molecule has 0 saturated heterocycles. The third-order valence-electron chi connectivity index (χ3n) is 3.76. The molecular formula is C16H24N2O3. The highest BCUT2D eigenvalue weighted by molar-refractivity contribution is 6.03.